The van der Waals surface area contributed by atoms with Crippen molar-refractivity contribution < 1.29 is 13.9 Å². The smallest absolute Gasteiger partial charge is 0.228 e. The molecule has 0 fully saturated rings. The third kappa shape index (κ3) is 4.32. The molecule has 2 rings (SSSR count). The highest BCUT2D eigenvalue weighted by atomic mass is 16.5. The van der Waals surface area contributed by atoms with Crippen LogP contribution in [0.3, 0.4) is 0 Å². The molecule has 0 aliphatic heterocycles. The first kappa shape index (κ1) is 17.0. The number of anilines is 1. The average molecular weight is 317 g/mol. The maximum absolute atomic E-state index is 12.3. The molecule has 0 aliphatic carbocycles. The Morgan fingerprint density at radius 1 is 1.43 bits per heavy atom. The van der Waals surface area contributed by atoms with E-state index in [2.05, 4.69) is 24.1 Å². The third-order valence-electron chi connectivity index (χ3n) is 3.58. The standard InChI is InChI=1S/C17H23N3O3/c1-11(2)6-12(8-18)17(21)20-13-4-5-14(15(7-13)22-3)16-9-19-10-23-16/h4-5,7,9-12H,6,8,18H2,1-3H3,(H,20,21). The first-order chi connectivity index (χ1) is 11.0. The van der Waals surface area contributed by atoms with E-state index >= 15 is 0 Å². The predicted octanol–water partition coefficient (Wildman–Crippen LogP) is 2.91. The lowest BCUT2D eigenvalue weighted by molar-refractivity contribution is -0.120. The molecule has 1 aromatic carbocycles. The van der Waals surface area contributed by atoms with Crippen molar-refractivity contribution in [3.8, 4) is 17.1 Å². The molecule has 0 aliphatic rings. The van der Waals surface area contributed by atoms with E-state index in [4.69, 9.17) is 14.9 Å². The van der Waals surface area contributed by atoms with E-state index in [1.165, 1.54) is 6.39 Å². The van der Waals surface area contributed by atoms with E-state index in [1.54, 1.807) is 25.4 Å². The molecule has 1 heterocycles. The summed E-state index contributed by atoms with van der Waals surface area (Å²) >= 11 is 0. The Morgan fingerprint density at radius 2 is 2.22 bits per heavy atom. The lowest BCUT2D eigenvalue weighted by atomic mass is 9.96. The Hall–Kier alpha value is -2.34. The van der Waals surface area contributed by atoms with Crippen LogP contribution < -0.4 is 15.8 Å². The molecule has 124 valence electrons. The average Bonchev–Trinajstić information content (AvgIpc) is 3.06. The Balaban J connectivity index is 2.16. The summed E-state index contributed by atoms with van der Waals surface area (Å²) in [6.07, 6.45) is 3.74. The molecule has 1 amide bonds. The summed E-state index contributed by atoms with van der Waals surface area (Å²) in [6, 6.07) is 5.40. The number of carbonyl (C=O) groups excluding carboxylic acids is 1. The third-order valence-corrected chi connectivity index (χ3v) is 3.58. The summed E-state index contributed by atoms with van der Waals surface area (Å²) in [5.74, 6) is 1.36. The van der Waals surface area contributed by atoms with E-state index in [1.807, 2.05) is 6.07 Å². The van der Waals surface area contributed by atoms with Gasteiger partial charge in [-0.15, -0.1) is 0 Å². The van der Waals surface area contributed by atoms with E-state index < -0.39 is 0 Å². The van der Waals surface area contributed by atoms with Gasteiger partial charge in [0.2, 0.25) is 5.91 Å². The second-order valence-corrected chi connectivity index (χ2v) is 5.83. The first-order valence-electron chi connectivity index (χ1n) is 7.63. The van der Waals surface area contributed by atoms with Crippen molar-refractivity contribution >= 4 is 11.6 Å². The maximum Gasteiger partial charge on any atom is 0.228 e. The number of nitrogens with two attached hydrogens (primary N) is 1. The molecule has 2 aromatic rings. The number of methoxy groups -OCH3 is 1. The van der Waals surface area contributed by atoms with Gasteiger partial charge < -0.3 is 20.2 Å². The second-order valence-electron chi connectivity index (χ2n) is 5.83. The largest absolute Gasteiger partial charge is 0.496 e. The van der Waals surface area contributed by atoms with Crippen LogP contribution in [-0.2, 0) is 4.79 Å². The Kier molecular flexibility index (Phi) is 5.76. The summed E-state index contributed by atoms with van der Waals surface area (Å²) in [5.41, 5.74) is 7.16. The van der Waals surface area contributed by atoms with Crippen LogP contribution in [0.25, 0.3) is 11.3 Å². The Labute approximate surface area is 136 Å². The number of hydrogen-bond donors (Lipinski definition) is 2. The monoisotopic (exact) mass is 317 g/mol. The molecule has 3 N–H and O–H groups in total. The van der Waals surface area contributed by atoms with Crippen LogP contribution in [0.1, 0.15) is 20.3 Å². The zero-order valence-electron chi connectivity index (χ0n) is 13.7. The number of nitrogens with one attached hydrogen (secondary N) is 1. The number of amides is 1. The Morgan fingerprint density at radius 3 is 2.78 bits per heavy atom. The zero-order chi connectivity index (χ0) is 16.8. The molecule has 0 saturated heterocycles. The van der Waals surface area contributed by atoms with Crippen molar-refractivity contribution in [3.63, 3.8) is 0 Å². The highest BCUT2D eigenvalue weighted by Crippen LogP contribution is 2.32. The fraction of sp³-hybridized carbons (Fsp3) is 0.412. The fourth-order valence-corrected chi connectivity index (χ4v) is 2.44. The number of aromatic nitrogens is 1. The van der Waals surface area contributed by atoms with E-state index in [9.17, 15) is 4.79 Å². The minimum atomic E-state index is -0.199. The van der Waals surface area contributed by atoms with Crippen LogP contribution in [0.5, 0.6) is 5.75 Å². The molecule has 0 bridgehead atoms. The van der Waals surface area contributed by atoms with Gasteiger partial charge in [0.25, 0.3) is 0 Å². The van der Waals surface area contributed by atoms with Crippen molar-refractivity contribution in [3.05, 3.63) is 30.8 Å². The van der Waals surface area contributed by atoms with Crippen molar-refractivity contribution in [1.82, 2.24) is 4.98 Å². The van der Waals surface area contributed by atoms with Gasteiger partial charge in [-0.2, -0.15) is 0 Å². The zero-order valence-corrected chi connectivity index (χ0v) is 13.7. The molecule has 6 nitrogen and oxygen atoms in total. The predicted molar refractivity (Wildman–Crippen MR) is 89.1 cm³/mol. The number of oxazole rings is 1. The quantitative estimate of drug-likeness (QED) is 0.819. The number of hydrogen-bond acceptors (Lipinski definition) is 5. The number of benzene rings is 1. The number of rotatable bonds is 7. The van der Waals surface area contributed by atoms with Crippen LogP contribution in [0.15, 0.2) is 35.2 Å². The number of nitrogens with zero attached hydrogens (tertiary/aromatic N) is 1. The van der Waals surface area contributed by atoms with Crippen molar-refractivity contribution in [2.75, 3.05) is 19.0 Å². The van der Waals surface area contributed by atoms with E-state index in [-0.39, 0.29) is 11.8 Å². The number of carbonyl (C=O) groups is 1. The summed E-state index contributed by atoms with van der Waals surface area (Å²) in [5, 5.41) is 2.90. The molecule has 1 aromatic heterocycles. The van der Waals surface area contributed by atoms with E-state index in [0.29, 0.717) is 29.7 Å². The molecular weight excluding hydrogens is 294 g/mol. The topological polar surface area (TPSA) is 90.4 Å². The summed E-state index contributed by atoms with van der Waals surface area (Å²) in [4.78, 5) is 16.2. The van der Waals surface area contributed by atoms with Crippen LogP contribution in [0, 0.1) is 11.8 Å². The van der Waals surface area contributed by atoms with Crippen LogP contribution >= 0.6 is 0 Å². The van der Waals surface area contributed by atoms with Gasteiger partial charge in [-0.05, 0) is 24.5 Å². The normalized spacial score (nSPS) is 12.2. The van der Waals surface area contributed by atoms with Gasteiger partial charge in [0.05, 0.1) is 24.8 Å². The molecule has 0 saturated carbocycles. The summed E-state index contributed by atoms with van der Waals surface area (Å²) in [6.45, 7) is 4.48. The Bertz CT molecular complexity index is 639. The highest BCUT2D eigenvalue weighted by Gasteiger charge is 2.19. The van der Waals surface area contributed by atoms with Gasteiger partial charge in [-0.25, -0.2) is 4.98 Å². The van der Waals surface area contributed by atoms with Crippen LogP contribution in [-0.4, -0.2) is 24.5 Å². The first-order valence-corrected chi connectivity index (χ1v) is 7.63. The van der Waals surface area contributed by atoms with Crippen molar-refractivity contribution in [2.45, 2.75) is 20.3 Å². The van der Waals surface area contributed by atoms with Gasteiger partial charge in [0.1, 0.15) is 5.75 Å². The lowest BCUT2D eigenvalue weighted by Gasteiger charge is -2.17. The maximum atomic E-state index is 12.3. The van der Waals surface area contributed by atoms with Crippen molar-refractivity contribution in [2.24, 2.45) is 17.6 Å². The van der Waals surface area contributed by atoms with Gasteiger partial charge >= 0.3 is 0 Å². The van der Waals surface area contributed by atoms with Gasteiger partial charge in [0, 0.05) is 18.3 Å². The molecule has 6 heteroatoms. The lowest BCUT2D eigenvalue weighted by Crippen LogP contribution is -2.30. The fourth-order valence-electron chi connectivity index (χ4n) is 2.44. The molecule has 23 heavy (non-hydrogen) atoms. The van der Waals surface area contributed by atoms with Crippen molar-refractivity contribution in [1.29, 1.82) is 0 Å². The minimum Gasteiger partial charge on any atom is -0.496 e. The van der Waals surface area contributed by atoms with Gasteiger partial charge in [-0.3, -0.25) is 4.79 Å². The van der Waals surface area contributed by atoms with Crippen LogP contribution in [0.4, 0.5) is 5.69 Å². The molecule has 1 atom stereocenters. The molecule has 0 spiro atoms. The summed E-state index contributed by atoms with van der Waals surface area (Å²) < 4.78 is 10.7. The molecular formula is C17H23N3O3. The van der Waals surface area contributed by atoms with Gasteiger partial charge in [-0.1, -0.05) is 13.8 Å². The minimum absolute atomic E-state index is 0.0735. The molecule has 1 unspecified atom stereocenters. The van der Waals surface area contributed by atoms with Crippen LogP contribution in [0.2, 0.25) is 0 Å². The summed E-state index contributed by atoms with van der Waals surface area (Å²) in [7, 11) is 1.57. The second kappa shape index (κ2) is 7.78. The SMILES string of the molecule is COc1cc(NC(=O)C(CN)CC(C)C)ccc1-c1cnco1. The van der Waals surface area contributed by atoms with E-state index in [0.717, 1.165) is 12.0 Å². The highest BCUT2D eigenvalue weighted by molar-refractivity contribution is 5.93. The van der Waals surface area contributed by atoms with Gasteiger partial charge in [0.15, 0.2) is 12.2 Å². The number of ether oxygens (including phenoxy) is 1. The molecule has 0 radical (unpaired) electrons.